The molecule has 2 aromatic rings. The molecule has 0 aromatic heterocycles. The highest BCUT2D eigenvalue weighted by Gasteiger charge is 2.04. The molecule has 3 N–H and O–H groups in total. The molecule has 0 saturated carbocycles. The molecule has 0 aliphatic carbocycles. The summed E-state index contributed by atoms with van der Waals surface area (Å²) in [5, 5.41) is 8.88. The van der Waals surface area contributed by atoms with E-state index in [4.69, 9.17) is 20.3 Å². The molecule has 2 aromatic carbocycles. The third-order valence-corrected chi connectivity index (χ3v) is 3.29. The monoisotopic (exact) mass is 287 g/mol. The van der Waals surface area contributed by atoms with Crippen molar-refractivity contribution < 1.29 is 14.6 Å². The van der Waals surface area contributed by atoms with Gasteiger partial charge in [0.25, 0.3) is 0 Å². The third-order valence-electron chi connectivity index (χ3n) is 3.29. The van der Waals surface area contributed by atoms with Crippen LogP contribution in [-0.4, -0.2) is 18.8 Å². The Morgan fingerprint density at radius 3 is 2.38 bits per heavy atom. The molecule has 0 radical (unpaired) electrons. The van der Waals surface area contributed by atoms with Crippen LogP contribution < -0.4 is 15.2 Å². The van der Waals surface area contributed by atoms with Gasteiger partial charge in [0.1, 0.15) is 18.1 Å². The lowest BCUT2D eigenvalue weighted by Gasteiger charge is -2.11. The number of ether oxygens (including phenoxy) is 2. The Morgan fingerprint density at radius 1 is 1.05 bits per heavy atom. The molecular formula is C17H21NO3. The number of hydrogen-bond acceptors (Lipinski definition) is 4. The van der Waals surface area contributed by atoms with Gasteiger partial charge < -0.3 is 20.3 Å². The van der Waals surface area contributed by atoms with Crippen molar-refractivity contribution in [1.29, 1.82) is 0 Å². The van der Waals surface area contributed by atoms with Gasteiger partial charge in [0.05, 0.1) is 7.11 Å². The second kappa shape index (κ2) is 7.67. The van der Waals surface area contributed by atoms with Crippen LogP contribution in [0, 0.1) is 0 Å². The summed E-state index contributed by atoms with van der Waals surface area (Å²) in [6, 6.07) is 13.6. The summed E-state index contributed by atoms with van der Waals surface area (Å²) in [5.74, 6) is 1.61. The zero-order valence-electron chi connectivity index (χ0n) is 12.2. The number of hydrogen-bond donors (Lipinski definition) is 2. The van der Waals surface area contributed by atoms with E-state index in [9.17, 15) is 0 Å². The smallest absolute Gasteiger partial charge is 0.123 e. The minimum absolute atomic E-state index is 0.161. The average Bonchev–Trinajstić information content (AvgIpc) is 2.54. The minimum Gasteiger partial charge on any atom is -0.496 e. The highest BCUT2D eigenvalue weighted by molar-refractivity contribution is 5.37. The number of benzene rings is 2. The highest BCUT2D eigenvalue weighted by atomic mass is 16.5. The van der Waals surface area contributed by atoms with Crippen molar-refractivity contribution in [3.05, 3.63) is 59.2 Å². The van der Waals surface area contributed by atoms with Crippen molar-refractivity contribution in [3.8, 4) is 11.5 Å². The molecule has 0 amide bonds. The van der Waals surface area contributed by atoms with Crippen LogP contribution in [0.3, 0.4) is 0 Å². The summed E-state index contributed by atoms with van der Waals surface area (Å²) in [7, 11) is 1.64. The van der Waals surface area contributed by atoms with E-state index in [0.29, 0.717) is 19.6 Å². The summed E-state index contributed by atoms with van der Waals surface area (Å²) < 4.78 is 11.0. The van der Waals surface area contributed by atoms with Gasteiger partial charge in [0.2, 0.25) is 0 Å². The number of aliphatic hydroxyl groups excluding tert-OH is 1. The number of rotatable bonds is 7. The molecule has 0 aliphatic rings. The van der Waals surface area contributed by atoms with Gasteiger partial charge in [-0.3, -0.25) is 0 Å². The second-order valence-corrected chi connectivity index (χ2v) is 4.76. The Kier molecular flexibility index (Phi) is 5.60. The van der Waals surface area contributed by atoms with E-state index in [1.807, 2.05) is 42.5 Å². The normalized spacial score (nSPS) is 10.4. The van der Waals surface area contributed by atoms with E-state index in [1.54, 1.807) is 7.11 Å². The molecule has 112 valence electrons. The Hall–Kier alpha value is -2.04. The van der Waals surface area contributed by atoms with Crippen molar-refractivity contribution in [3.63, 3.8) is 0 Å². The zero-order chi connectivity index (χ0) is 15.1. The average molecular weight is 287 g/mol. The molecule has 2 rings (SSSR count). The van der Waals surface area contributed by atoms with Crippen molar-refractivity contribution >= 4 is 0 Å². The van der Waals surface area contributed by atoms with Crippen molar-refractivity contribution in [2.24, 2.45) is 5.73 Å². The molecule has 0 fully saturated rings. The summed E-state index contributed by atoms with van der Waals surface area (Å²) in [4.78, 5) is 0. The summed E-state index contributed by atoms with van der Waals surface area (Å²) >= 11 is 0. The minimum atomic E-state index is 0.161. The fourth-order valence-corrected chi connectivity index (χ4v) is 2.13. The first-order valence-electron chi connectivity index (χ1n) is 6.95. The summed E-state index contributed by atoms with van der Waals surface area (Å²) in [6.45, 7) is 1.08. The predicted octanol–water partition coefficient (Wildman–Crippen LogP) is 2.27. The van der Waals surface area contributed by atoms with Crippen LogP contribution in [0.4, 0.5) is 0 Å². The van der Waals surface area contributed by atoms with Gasteiger partial charge in [-0.15, -0.1) is 0 Å². The highest BCUT2D eigenvalue weighted by Crippen LogP contribution is 2.21. The summed E-state index contributed by atoms with van der Waals surface area (Å²) in [5.41, 5.74) is 8.82. The zero-order valence-corrected chi connectivity index (χ0v) is 12.2. The van der Waals surface area contributed by atoms with Crippen molar-refractivity contribution in [2.45, 2.75) is 19.6 Å². The van der Waals surface area contributed by atoms with Gasteiger partial charge in [-0.2, -0.15) is 0 Å². The van der Waals surface area contributed by atoms with Gasteiger partial charge in [-0.1, -0.05) is 18.2 Å². The van der Waals surface area contributed by atoms with Crippen LogP contribution in [0.15, 0.2) is 42.5 Å². The molecule has 0 saturated heterocycles. The molecule has 0 bridgehead atoms. The molecule has 0 heterocycles. The van der Waals surface area contributed by atoms with Crippen LogP contribution in [-0.2, 0) is 19.6 Å². The van der Waals surface area contributed by atoms with E-state index in [-0.39, 0.29) is 6.61 Å². The molecule has 21 heavy (non-hydrogen) atoms. The fraction of sp³-hybridized carbons (Fsp3) is 0.294. The molecule has 0 aliphatic heterocycles. The van der Waals surface area contributed by atoms with Crippen LogP contribution in [0.25, 0.3) is 0 Å². The number of aliphatic hydroxyl groups is 1. The second-order valence-electron chi connectivity index (χ2n) is 4.76. The van der Waals surface area contributed by atoms with Crippen molar-refractivity contribution in [2.75, 3.05) is 13.7 Å². The van der Waals surface area contributed by atoms with E-state index in [2.05, 4.69) is 0 Å². The standard InChI is InChI=1S/C17H21NO3/c1-20-17-7-4-14(10-15(17)11-18)12-21-16-5-2-13(3-6-16)8-9-19/h2-7,10,19H,8-9,11-12,18H2,1H3. The maximum Gasteiger partial charge on any atom is 0.123 e. The first-order valence-corrected chi connectivity index (χ1v) is 6.95. The molecule has 4 heteroatoms. The maximum atomic E-state index is 8.88. The van der Waals surface area contributed by atoms with Gasteiger partial charge in [-0.25, -0.2) is 0 Å². The first-order chi connectivity index (χ1) is 10.3. The molecular weight excluding hydrogens is 266 g/mol. The molecule has 0 atom stereocenters. The van der Waals surface area contributed by atoms with Crippen LogP contribution >= 0.6 is 0 Å². The van der Waals surface area contributed by atoms with E-state index < -0.39 is 0 Å². The fourth-order valence-electron chi connectivity index (χ4n) is 2.13. The largest absolute Gasteiger partial charge is 0.496 e. The van der Waals surface area contributed by atoms with Crippen LogP contribution in [0.2, 0.25) is 0 Å². The van der Waals surface area contributed by atoms with Gasteiger partial charge in [0.15, 0.2) is 0 Å². The lowest BCUT2D eigenvalue weighted by Crippen LogP contribution is -2.02. The summed E-state index contributed by atoms with van der Waals surface area (Å²) in [6.07, 6.45) is 0.665. The topological polar surface area (TPSA) is 64.7 Å². The van der Waals surface area contributed by atoms with Crippen molar-refractivity contribution in [1.82, 2.24) is 0 Å². The first kappa shape index (κ1) is 15.4. The number of methoxy groups -OCH3 is 1. The molecule has 0 unspecified atom stereocenters. The Morgan fingerprint density at radius 2 is 1.76 bits per heavy atom. The maximum absolute atomic E-state index is 8.88. The Balaban J connectivity index is 1.99. The SMILES string of the molecule is COc1ccc(COc2ccc(CCO)cc2)cc1CN. The molecule has 0 spiro atoms. The predicted molar refractivity (Wildman–Crippen MR) is 82.4 cm³/mol. The van der Waals surface area contributed by atoms with E-state index in [0.717, 1.165) is 28.2 Å². The molecule has 4 nitrogen and oxygen atoms in total. The van der Waals surface area contributed by atoms with Crippen LogP contribution in [0.5, 0.6) is 11.5 Å². The van der Waals surface area contributed by atoms with Gasteiger partial charge in [0, 0.05) is 18.7 Å². The van der Waals surface area contributed by atoms with Gasteiger partial charge in [-0.05, 0) is 41.8 Å². The van der Waals surface area contributed by atoms with Crippen LogP contribution in [0.1, 0.15) is 16.7 Å². The number of nitrogens with two attached hydrogens (primary N) is 1. The van der Waals surface area contributed by atoms with Gasteiger partial charge >= 0.3 is 0 Å². The van der Waals surface area contributed by atoms with E-state index >= 15 is 0 Å². The van der Waals surface area contributed by atoms with E-state index in [1.165, 1.54) is 0 Å². The third kappa shape index (κ3) is 4.21. The lowest BCUT2D eigenvalue weighted by molar-refractivity contribution is 0.298. The Bertz CT molecular complexity index is 567. The Labute approximate surface area is 125 Å². The lowest BCUT2D eigenvalue weighted by atomic mass is 10.1. The quantitative estimate of drug-likeness (QED) is 0.820.